The maximum Gasteiger partial charge on any atom is 0.255 e. The van der Waals surface area contributed by atoms with Crippen molar-refractivity contribution in [1.82, 2.24) is 9.97 Å². The number of ether oxygens (including phenoxy) is 2. The number of nitrogens with one attached hydrogen (secondary N) is 2. The van der Waals surface area contributed by atoms with Crippen LogP contribution in [-0.4, -0.2) is 23.0 Å². The van der Waals surface area contributed by atoms with Crippen LogP contribution in [0.5, 0.6) is 11.5 Å². The minimum Gasteiger partial charge on any atom is -0.493 e. The van der Waals surface area contributed by atoms with Crippen LogP contribution in [0.25, 0.3) is 22.4 Å². The van der Waals surface area contributed by atoms with Gasteiger partial charge in [-0.3, -0.25) is 4.79 Å². The monoisotopic (exact) mass is 449 g/mol. The van der Waals surface area contributed by atoms with Gasteiger partial charge in [-0.25, -0.2) is 4.98 Å². The van der Waals surface area contributed by atoms with E-state index in [1.165, 1.54) is 0 Å². The fourth-order valence-electron chi connectivity index (χ4n) is 3.70. The lowest BCUT2D eigenvalue weighted by Gasteiger charge is -2.13. The van der Waals surface area contributed by atoms with Gasteiger partial charge in [0.2, 0.25) is 0 Å². The molecule has 0 atom stereocenters. The van der Waals surface area contributed by atoms with Crippen molar-refractivity contribution in [1.29, 1.82) is 0 Å². The number of carbonyl (C=O) groups is 1. The number of methoxy groups -OCH3 is 1. The van der Waals surface area contributed by atoms with Gasteiger partial charge in [0, 0.05) is 16.8 Å². The predicted octanol–water partition coefficient (Wildman–Crippen LogP) is 6.07. The standard InChI is InChI=1S/C28H23N3O3/c1-33-26-17-21(14-15-25(26)34-18-19-8-3-2-4-9-19)28(32)29-22-11-7-10-20(16-22)27-30-23-12-5-6-13-24(23)31-27/h2-17H,18H2,1H3,(H,29,32)(H,30,31). The largest absolute Gasteiger partial charge is 0.493 e. The van der Waals surface area contributed by atoms with Gasteiger partial charge in [-0.05, 0) is 48.0 Å². The van der Waals surface area contributed by atoms with Crippen LogP contribution >= 0.6 is 0 Å². The number of aromatic nitrogens is 2. The highest BCUT2D eigenvalue weighted by molar-refractivity contribution is 6.05. The first-order chi connectivity index (χ1) is 16.7. The molecular weight excluding hydrogens is 426 g/mol. The molecule has 34 heavy (non-hydrogen) atoms. The van der Waals surface area contributed by atoms with E-state index in [4.69, 9.17) is 9.47 Å². The van der Waals surface area contributed by atoms with E-state index >= 15 is 0 Å². The molecular formula is C28H23N3O3. The zero-order valence-corrected chi connectivity index (χ0v) is 18.6. The van der Waals surface area contributed by atoms with Gasteiger partial charge in [0.15, 0.2) is 11.5 Å². The lowest BCUT2D eigenvalue weighted by atomic mass is 10.1. The molecule has 0 aliphatic carbocycles. The Hall–Kier alpha value is -4.58. The minimum atomic E-state index is -0.241. The van der Waals surface area contributed by atoms with Crippen LogP contribution in [0.2, 0.25) is 0 Å². The summed E-state index contributed by atoms with van der Waals surface area (Å²) in [4.78, 5) is 20.9. The predicted molar refractivity (Wildman–Crippen MR) is 133 cm³/mol. The lowest BCUT2D eigenvalue weighted by molar-refractivity contribution is 0.102. The number of rotatable bonds is 7. The summed E-state index contributed by atoms with van der Waals surface area (Å²) in [5.74, 6) is 1.59. The van der Waals surface area contributed by atoms with Crippen molar-refractivity contribution in [3.8, 4) is 22.9 Å². The number of fused-ring (bicyclic) bond motifs is 1. The second-order valence-electron chi connectivity index (χ2n) is 7.78. The molecule has 1 aromatic heterocycles. The Morgan fingerprint density at radius 1 is 0.882 bits per heavy atom. The van der Waals surface area contributed by atoms with E-state index in [9.17, 15) is 4.79 Å². The topological polar surface area (TPSA) is 76.2 Å². The van der Waals surface area contributed by atoms with Crippen LogP contribution in [-0.2, 0) is 6.61 Å². The van der Waals surface area contributed by atoms with E-state index in [2.05, 4.69) is 15.3 Å². The van der Waals surface area contributed by atoms with Gasteiger partial charge >= 0.3 is 0 Å². The van der Waals surface area contributed by atoms with Gasteiger partial charge in [0.25, 0.3) is 5.91 Å². The third-order valence-corrected chi connectivity index (χ3v) is 5.45. The third kappa shape index (κ3) is 4.61. The molecule has 0 fully saturated rings. The maximum atomic E-state index is 12.9. The number of anilines is 1. The molecule has 0 radical (unpaired) electrons. The zero-order valence-electron chi connectivity index (χ0n) is 18.6. The van der Waals surface area contributed by atoms with Crippen LogP contribution < -0.4 is 14.8 Å². The number of carbonyl (C=O) groups excluding carboxylic acids is 1. The van der Waals surface area contributed by atoms with E-state index in [1.807, 2.05) is 78.9 Å². The SMILES string of the molecule is COc1cc(C(=O)Nc2cccc(-c3nc4ccccc4[nH]3)c2)ccc1OCc1ccccc1. The molecule has 4 aromatic carbocycles. The molecule has 6 nitrogen and oxygen atoms in total. The zero-order chi connectivity index (χ0) is 23.3. The summed E-state index contributed by atoms with van der Waals surface area (Å²) in [6, 6.07) is 30.5. The summed E-state index contributed by atoms with van der Waals surface area (Å²) in [7, 11) is 1.56. The summed E-state index contributed by atoms with van der Waals surface area (Å²) in [5.41, 5.74) is 4.94. The molecule has 168 valence electrons. The van der Waals surface area contributed by atoms with Gasteiger partial charge in [-0.15, -0.1) is 0 Å². The lowest BCUT2D eigenvalue weighted by Crippen LogP contribution is -2.12. The highest BCUT2D eigenvalue weighted by Gasteiger charge is 2.13. The van der Waals surface area contributed by atoms with Crippen molar-refractivity contribution in [3.05, 3.63) is 108 Å². The summed E-state index contributed by atoms with van der Waals surface area (Å²) in [6.45, 7) is 0.414. The first kappa shape index (κ1) is 21.3. The van der Waals surface area contributed by atoms with Crippen molar-refractivity contribution < 1.29 is 14.3 Å². The van der Waals surface area contributed by atoms with Gasteiger partial charge in [0.1, 0.15) is 12.4 Å². The van der Waals surface area contributed by atoms with E-state index in [-0.39, 0.29) is 5.91 Å². The number of imidazole rings is 1. The Morgan fingerprint density at radius 2 is 1.71 bits per heavy atom. The number of H-pyrrole nitrogens is 1. The second-order valence-corrected chi connectivity index (χ2v) is 7.78. The number of hydrogen-bond acceptors (Lipinski definition) is 4. The quantitative estimate of drug-likeness (QED) is 0.316. The van der Waals surface area contributed by atoms with E-state index in [0.717, 1.165) is 28.0 Å². The van der Waals surface area contributed by atoms with Crippen molar-refractivity contribution in [2.45, 2.75) is 6.61 Å². The molecule has 1 heterocycles. The van der Waals surface area contributed by atoms with Gasteiger partial charge in [-0.1, -0.05) is 54.6 Å². The molecule has 0 unspecified atom stereocenters. The fraction of sp³-hybridized carbons (Fsp3) is 0.0714. The third-order valence-electron chi connectivity index (χ3n) is 5.45. The van der Waals surface area contributed by atoms with Gasteiger partial charge in [0.05, 0.1) is 18.1 Å². The molecule has 0 aliphatic heterocycles. The van der Waals surface area contributed by atoms with Gasteiger partial charge < -0.3 is 19.8 Å². The van der Waals surface area contributed by atoms with Crippen LogP contribution in [0.4, 0.5) is 5.69 Å². The number of aromatic amines is 1. The van der Waals surface area contributed by atoms with Crippen molar-refractivity contribution in [2.24, 2.45) is 0 Å². The average molecular weight is 450 g/mol. The summed E-state index contributed by atoms with van der Waals surface area (Å²) in [6.07, 6.45) is 0. The maximum absolute atomic E-state index is 12.9. The Balaban J connectivity index is 1.31. The van der Waals surface area contributed by atoms with E-state index < -0.39 is 0 Å². The highest BCUT2D eigenvalue weighted by atomic mass is 16.5. The van der Waals surface area contributed by atoms with Crippen molar-refractivity contribution >= 4 is 22.6 Å². The number of nitrogens with zero attached hydrogens (tertiary/aromatic N) is 1. The Kier molecular flexibility index (Phi) is 5.95. The normalized spacial score (nSPS) is 10.7. The van der Waals surface area contributed by atoms with Crippen LogP contribution in [0, 0.1) is 0 Å². The van der Waals surface area contributed by atoms with E-state index in [0.29, 0.717) is 29.4 Å². The molecule has 0 spiro atoms. The molecule has 0 saturated heterocycles. The molecule has 2 N–H and O–H groups in total. The molecule has 1 amide bonds. The van der Waals surface area contributed by atoms with Crippen molar-refractivity contribution in [2.75, 3.05) is 12.4 Å². The molecule has 5 rings (SSSR count). The van der Waals surface area contributed by atoms with Crippen LogP contribution in [0.1, 0.15) is 15.9 Å². The smallest absolute Gasteiger partial charge is 0.255 e. The number of hydrogen-bond donors (Lipinski definition) is 2. The summed E-state index contributed by atoms with van der Waals surface area (Å²) in [5, 5.41) is 2.95. The molecule has 0 saturated carbocycles. The fourth-order valence-corrected chi connectivity index (χ4v) is 3.70. The Labute approximate surface area is 197 Å². The van der Waals surface area contributed by atoms with Crippen LogP contribution in [0.3, 0.4) is 0 Å². The number of amides is 1. The number of para-hydroxylation sites is 2. The average Bonchev–Trinajstić information content (AvgIpc) is 3.33. The Morgan fingerprint density at radius 3 is 2.53 bits per heavy atom. The second kappa shape index (κ2) is 9.50. The summed E-state index contributed by atoms with van der Waals surface area (Å²) >= 11 is 0. The summed E-state index contributed by atoms with van der Waals surface area (Å²) < 4.78 is 11.4. The first-order valence-electron chi connectivity index (χ1n) is 10.9. The molecule has 5 aromatic rings. The Bertz CT molecular complexity index is 1410. The van der Waals surface area contributed by atoms with Crippen molar-refractivity contribution in [3.63, 3.8) is 0 Å². The molecule has 0 aliphatic rings. The number of benzene rings is 4. The first-order valence-corrected chi connectivity index (χ1v) is 10.9. The van der Waals surface area contributed by atoms with E-state index in [1.54, 1.807) is 25.3 Å². The molecule has 6 heteroatoms. The van der Waals surface area contributed by atoms with Gasteiger partial charge in [-0.2, -0.15) is 0 Å². The van der Waals surface area contributed by atoms with Crippen LogP contribution in [0.15, 0.2) is 97.1 Å². The molecule has 0 bridgehead atoms. The minimum absolute atomic E-state index is 0.241. The highest BCUT2D eigenvalue weighted by Crippen LogP contribution is 2.29.